The van der Waals surface area contributed by atoms with Gasteiger partial charge in [0.05, 0.1) is 17.8 Å². The smallest absolute Gasteiger partial charge is 0.240 e. The van der Waals surface area contributed by atoms with Crippen molar-refractivity contribution in [3.63, 3.8) is 0 Å². The predicted molar refractivity (Wildman–Crippen MR) is 63.0 cm³/mol. The van der Waals surface area contributed by atoms with E-state index in [9.17, 15) is 4.79 Å². The molecule has 0 spiro atoms. The molecular weight excluding hydrogens is 204 g/mol. The summed E-state index contributed by atoms with van der Waals surface area (Å²) in [5, 5.41) is 6.04. The van der Waals surface area contributed by atoms with E-state index >= 15 is 0 Å². The van der Waals surface area contributed by atoms with E-state index in [4.69, 9.17) is 4.42 Å². The summed E-state index contributed by atoms with van der Waals surface area (Å²) in [7, 11) is 0. The van der Waals surface area contributed by atoms with E-state index in [1.54, 1.807) is 6.26 Å². The maximum atomic E-state index is 11.9. The Labute approximate surface area is 96.4 Å². The fourth-order valence-corrected chi connectivity index (χ4v) is 1.51. The first kappa shape index (κ1) is 12.8. The summed E-state index contributed by atoms with van der Waals surface area (Å²) in [6.45, 7) is 8.36. The Hall–Kier alpha value is -1.29. The minimum absolute atomic E-state index is 0.0294. The molecule has 0 aromatic carbocycles. The van der Waals surface area contributed by atoms with E-state index in [1.165, 1.54) is 0 Å². The number of furan rings is 1. The number of amides is 1. The Balaban J connectivity index is 2.57. The van der Waals surface area contributed by atoms with Crippen LogP contribution in [0.25, 0.3) is 0 Å². The summed E-state index contributed by atoms with van der Waals surface area (Å²) in [4.78, 5) is 11.9. The van der Waals surface area contributed by atoms with E-state index in [0.717, 1.165) is 12.3 Å². The Morgan fingerprint density at radius 1 is 1.56 bits per heavy atom. The number of carbonyl (C=O) groups excluding carboxylic acids is 1. The number of hydrogen-bond acceptors (Lipinski definition) is 3. The molecule has 0 radical (unpaired) electrons. The Morgan fingerprint density at radius 3 is 2.75 bits per heavy atom. The van der Waals surface area contributed by atoms with Crippen molar-refractivity contribution in [2.24, 2.45) is 0 Å². The van der Waals surface area contributed by atoms with E-state index in [2.05, 4.69) is 10.6 Å². The highest BCUT2D eigenvalue weighted by atomic mass is 16.3. The first-order chi connectivity index (χ1) is 7.47. The van der Waals surface area contributed by atoms with Gasteiger partial charge in [0.25, 0.3) is 0 Å². The van der Waals surface area contributed by atoms with Gasteiger partial charge < -0.3 is 15.1 Å². The largest absolute Gasteiger partial charge is 0.467 e. The van der Waals surface area contributed by atoms with Crippen molar-refractivity contribution >= 4 is 5.91 Å². The first-order valence-electron chi connectivity index (χ1n) is 5.56. The van der Waals surface area contributed by atoms with Gasteiger partial charge in [-0.2, -0.15) is 0 Å². The maximum Gasteiger partial charge on any atom is 0.240 e. The van der Waals surface area contributed by atoms with Crippen molar-refractivity contribution in [2.45, 2.75) is 39.3 Å². The Morgan fingerprint density at radius 2 is 2.25 bits per heavy atom. The van der Waals surface area contributed by atoms with E-state index in [0.29, 0.717) is 0 Å². The molecule has 0 bridgehead atoms. The quantitative estimate of drug-likeness (QED) is 0.802. The zero-order chi connectivity index (χ0) is 12.2. The van der Waals surface area contributed by atoms with Crippen LogP contribution in [-0.2, 0) is 4.79 Å². The van der Waals surface area contributed by atoms with Gasteiger partial charge in [-0.05, 0) is 39.4 Å². The van der Waals surface area contributed by atoms with Crippen molar-refractivity contribution < 1.29 is 9.21 Å². The number of nitrogens with one attached hydrogen (secondary N) is 2. The number of hydrogen-bond donors (Lipinski definition) is 2. The number of rotatable bonds is 5. The van der Waals surface area contributed by atoms with Crippen LogP contribution in [0.4, 0.5) is 0 Å². The zero-order valence-corrected chi connectivity index (χ0v) is 10.3. The molecule has 2 N–H and O–H groups in total. The summed E-state index contributed by atoms with van der Waals surface area (Å²) in [5.41, 5.74) is -0.560. The molecule has 0 saturated heterocycles. The summed E-state index contributed by atoms with van der Waals surface area (Å²) < 4.78 is 5.23. The van der Waals surface area contributed by atoms with Gasteiger partial charge in [-0.3, -0.25) is 4.79 Å². The second-order valence-corrected chi connectivity index (χ2v) is 4.37. The molecule has 4 nitrogen and oxygen atoms in total. The highest BCUT2D eigenvalue weighted by Crippen LogP contribution is 2.13. The molecule has 1 aromatic rings. The summed E-state index contributed by atoms with van der Waals surface area (Å²) in [5.74, 6) is 0.735. The lowest BCUT2D eigenvalue weighted by Crippen LogP contribution is -2.52. The minimum atomic E-state index is -0.560. The molecule has 1 rings (SSSR count). The SMILES string of the molecule is CCNC(C)(C)C(=O)NC(C)c1ccco1. The van der Waals surface area contributed by atoms with Gasteiger partial charge in [0.2, 0.25) is 5.91 Å². The van der Waals surface area contributed by atoms with E-state index in [-0.39, 0.29) is 11.9 Å². The van der Waals surface area contributed by atoms with Gasteiger partial charge in [0.1, 0.15) is 5.76 Å². The lowest BCUT2D eigenvalue weighted by Gasteiger charge is -2.26. The molecule has 1 aromatic heterocycles. The van der Waals surface area contributed by atoms with Crippen LogP contribution < -0.4 is 10.6 Å². The van der Waals surface area contributed by atoms with Crippen molar-refractivity contribution in [3.05, 3.63) is 24.2 Å². The van der Waals surface area contributed by atoms with Gasteiger partial charge >= 0.3 is 0 Å². The molecule has 16 heavy (non-hydrogen) atoms. The first-order valence-corrected chi connectivity index (χ1v) is 5.56. The van der Waals surface area contributed by atoms with Crippen LogP contribution in [-0.4, -0.2) is 18.0 Å². The van der Waals surface area contributed by atoms with Crippen LogP contribution in [0.2, 0.25) is 0 Å². The Kier molecular flexibility index (Phi) is 4.12. The normalized spacial score (nSPS) is 13.5. The second-order valence-electron chi connectivity index (χ2n) is 4.37. The molecule has 0 aliphatic rings. The maximum absolute atomic E-state index is 11.9. The Bertz CT molecular complexity index is 331. The van der Waals surface area contributed by atoms with Crippen LogP contribution in [0, 0.1) is 0 Å². The molecule has 90 valence electrons. The average molecular weight is 224 g/mol. The standard InChI is InChI=1S/C12H20N2O2/c1-5-13-12(3,4)11(15)14-9(2)10-7-6-8-16-10/h6-9,13H,5H2,1-4H3,(H,14,15). The van der Waals surface area contributed by atoms with Crippen LogP contribution in [0.1, 0.15) is 39.5 Å². The minimum Gasteiger partial charge on any atom is -0.467 e. The molecule has 1 unspecified atom stereocenters. The number of likely N-dealkylation sites (N-methyl/N-ethyl adjacent to an activating group) is 1. The van der Waals surface area contributed by atoms with Crippen molar-refractivity contribution in [3.8, 4) is 0 Å². The molecule has 0 saturated carbocycles. The predicted octanol–water partition coefficient (Wildman–Crippen LogP) is 1.84. The molecule has 1 amide bonds. The fourth-order valence-electron chi connectivity index (χ4n) is 1.51. The number of carbonyl (C=O) groups is 1. The van der Waals surface area contributed by atoms with Gasteiger partial charge in [0.15, 0.2) is 0 Å². The van der Waals surface area contributed by atoms with Crippen LogP contribution in [0.15, 0.2) is 22.8 Å². The molecule has 1 heterocycles. The molecule has 4 heteroatoms. The summed E-state index contributed by atoms with van der Waals surface area (Å²) >= 11 is 0. The van der Waals surface area contributed by atoms with Crippen molar-refractivity contribution in [2.75, 3.05) is 6.54 Å². The van der Waals surface area contributed by atoms with Crippen LogP contribution in [0.3, 0.4) is 0 Å². The molecular formula is C12H20N2O2. The van der Waals surface area contributed by atoms with Gasteiger partial charge in [-0.25, -0.2) is 0 Å². The molecule has 0 aliphatic carbocycles. The van der Waals surface area contributed by atoms with E-state index < -0.39 is 5.54 Å². The van der Waals surface area contributed by atoms with Crippen LogP contribution >= 0.6 is 0 Å². The summed E-state index contributed by atoms with van der Waals surface area (Å²) in [6.07, 6.45) is 1.60. The van der Waals surface area contributed by atoms with Crippen molar-refractivity contribution in [1.29, 1.82) is 0 Å². The van der Waals surface area contributed by atoms with Crippen LogP contribution in [0.5, 0.6) is 0 Å². The second kappa shape index (κ2) is 5.16. The third-order valence-corrected chi connectivity index (χ3v) is 2.50. The highest BCUT2D eigenvalue weighted by molar-refractivity contribution is 5.85. The zero-order valence-electron chi connectivity index (χ0n) is 10.3. The molecule has 1 atom stereocenters. The lowest BCUT2D eigenvalue weighted by atomic mass is 10.0. The fraction of sp³-hybridized carbons (Fsp3) is 0.583. The monoisotopic (exact) mass is 224 g/mol. The van der Waals surface area contributed by atoms with Gasteiger partial charge in [-0.1, -0.05) is 6.92 Å². The molecule has 0 fully saturated rings. The molecule has 0 aliphatic heterocycles. The third-order valence-electron chi connectivity index (χ3n) is 2.50. The van der Waals surface area contributed by atoms with E-state index in [1.807, 2.05) is 39.8 Å². The average Bonchev–Trinajstić information content (AvgIpc) is 2.70. The van der Waals surface area contributed by atoms with Gasteiger partial charge in [-0.15, -0.1) is 0 Å². The van der Waals surface area contributed by atoms with Crippen molar-refractivity contribution in [1.82, 2.24) is 10.6 Å². The third kappa shape index (κ3) is 3.10. The lowest BCUT2D eigenvalue weighted by molar-refractivity contribution is -0.127. The summed E-state index contributed by atoms with van der Waals surface area (Å²) in [6, 6.07) is 3.55. The topological polar surface area (TPSA) is 54.3 Å². The van der Waals surface area contributed by atoms with Gasteiger partial charge in [0, 0.05) is 0 Å². The highest BCUT2D eigenvalue weighted by Gasteiger charge is 2.27.